The second-order valence-corrected chi connectivity index (χ2v) is 14.9. The molecular formula is C35H51N5O6S. The summed E-state index contributed by atoms with van der Waals surface area (Å²) in [5.41, 5.74) is 2.05. The molecule has 0 saturated carbocycles. The van der Waals surface area contributed by atoms with Crippen LogP contribution in [0, 0.1) is 12.3 Å². The highest BCUT2D eigenvalue weighted by Crippen LogP contribution is 2.38. The van der Waals surface area contributed by atoms with Crippen LogP contribution in [0.15, 0.2) is 29.8 Å². The molecule has 2 aliphatic heterocycles. The Labute approximate surface area is 283 Å². The van der Waals surface area contributed by atoms with Crippen LogP contribution in [-0.4, -0.2) is 114 Å². The van der Waals surface area contributed by atoms with Crippen LogP contribution in [0.2, 0.25) is 0 Å². The largest absolute Gasteiger partial charge is 0.492 e. The first-order valence-corrected chi connectivity index (χ1v) is 17.5. The number of aromatic nitrogens is 1. The lowest BCUT2D eigenvalue weighted by Crippen LogP contribution is -2.49. The monoisotopic (exact) mass is 669 g/mol. The lowest BCUT2D eigenvalue weighted by molar-refractivity contribution is -0.134. The lowest BCUT2D eigenvalue weighted by atomic mass is 9.75. The molecule has 12 heteroatoms. The molecule has 0 bridgehead atoms. The van der Waals surface area contributed by atoms with Gasteiger partial charge >= 0.3 is 6.09 Å². The highest BCUT2D eigenvalue weighted by atomic mass is 32.1. The smallest absolute Gasteiger partial charge is 0.410 e. The van der Waals surface area contributed by atoms with Crippen molar-refractivity contribution in [3.63, 3.8) is 0 Å². The van der Waals surface area contributed by atoms with Gasteiger partial charge in [0.1, 0.15) is 22.3 Å². The predicted octanol–water partition coefficient (Wildman–Crippen LogP) is 5.48. The molecule has 3 heterocycles. The molecule has 11 nitrogen and oxygen atoms in total. The number of ether oxygens (including phenoxy) is 2. The number of hydrogen-bond acceptors (Lipinski definition) is 8. The molecule has 4 rings (SSSR count). The summed E-state index contributed by atoms with van der Waals surface area (Å²) >= 11 is 1.32. The van der Waals surface area contributed by atoms with Crippen molar-refractivity contribution >= 4 is 35.2 Å². The number of para-hydroxylation sites is 1. The second kappa shape index (κ2) is 15.5. The van der Waals surface area contributed by atoms with E-state index in [1.165, 1.54) is 16.2 Å². The van der Waals surface area contributed by atoms with E-state index >= 15 is 0 Å². The molecule has 1 atom stereocenters. The molecule has 0 N–H and O–H groups in total. The van der Waals surface area contributed by atoms with Gasteiger partial charge in [-0.05, 0) is 78.4 Å². The Morgan fingerprint density at radius 2 is 1.79 bits per heavy atom. The standard InChI is InChI=1S/C35H51N5O6S/c1-25-29(47-24-36-25)32(43)38(6)20-12-14-27-31(42)37(5)19-11-10-16-35(17-21-40(22-18-35)33(44)46-34(2,3)4)23-45-28-15-9-8-13-26(28)30(41)39(27)7/h8-9,13,15,24,27H,10-12,14,16-23H2,1-7H3/t27-/m0/s1. The van der Waals surface area contributed by atoms with Gasteiger partial charge in [0, 0.05) is 52.7 Å². The van der Waals surface area contributed by atoms with Crippen LogP contribution >= 0.6 is 11.3 Å². The van der Waals surface area contributed by atoms with Crippen LogP contribution in [0.5, 0.6) is 5.75 Å². The Bertz CT molecular complexity index is 1410. The zero-order valence-corrected chi connectivity index (χ0v) is 29.9. The summed E-state index contributed by atoms with van der Waals surface area (Å²) in [6.07, 6.45) is 4.78. The van der Waals surface area contributed by atoms with E-state index < -0.39 is 11.6 Å². The number of thiazole rings is 1. The minimum absolute atomic E-state index is 0.0942. The number of fused-ring (bicyclic) bond motifs is 1. The van der Waals surface area contributed by atoms with E-state index in [9.17, 15) is 19.2 Å². The highest BCUT2D eigenvalue weighted by Gasteiger charge is 2.39. The van der Waals surface area contributed by atoms with Crippen LogP contribution in [0.1, 0.15) is 91.4 Å². The van der Waals surface area contributed by atoms with Crippen molar-refractivity contribution in [2.45, 2.75) is 84.3 Å². The Morgan fingerprint density at radius 1 is 1.09 bits per heavy atom. The molecule has 1 spiro atoms. The Hall–Kier alpha value is -3.67. The van der Waals surface area contributed by atoms with Crippen molar-refractivity contribution in [1.82, 2.24) is 24.6 Å². The molecule has 2 aromatic rings. The molecule has 1 fully saturated rings. The summed E-state index contributed by atoms with van der Waals surface area (Å²) in [7, 11) is 5.22. The van der Waals surface area contributed by atoms with Crippen LogP contribution in [0.4, 0.5) is 4.79 Å². The van der Waals surface area contributed by atoms with Gasteiger partial charge in [-0.1, -0.05) is 18.6 Å². The Balaban J connectivity index is 1.49. The van der Waals surface area contributed by atoms with E-state index in [1.54, 1.807) is 59.6 Å². The third-order valence-corrected chi connectivity index (χ3v) is 10.2. The molecule has 0 radical (unpaired) electrons. The average Bonchev–Trinajstić information content (AvgIpc) is 3.47. The van der Waals surface area contributed by atoms with Crippen molar-refractivity contribution < 1.29 is 28.7 Å². The van der Waals surface area contributed by atoms with Crippen molar-refractivity contribution in [2.24, 2.45) is 5.41 Å². The molecule has 1 aromatic carbocycles. The molecule has 1 saturated heterocycles. The van der Waals surface area contributed by atoms with E-state index in [0.717, 1.165) is 32.1 Å². The fraction of sp³-hybridized carbons (Fsp3) is 0.629. The van der Waals surface area contributed by atoms with Gasteiger partial charge in [0.15, 0.2) is 0 Å². The first-order valence-electron chi connectivity index (χ1n) is 16.6. The number of amides is 4. The zero-order chi connectivity index (χ0) is 34.4. The number of carbonyl (C=O) groups excluding carboxylic acids is 4. The summed E-state index contributed by atoms with van der Waals surface area (Å²) in [5, 5.41) is 0. The van der Waals surface area contributed by atoms with E-state index in [2.05, 4.69) is 4.98 Å². The second-order valence-electron chi connectivity index (χ2n) is 14.0. The first kappa shape index (κ1) is 36.2. The summed E-state index contributed by atoms with van der Waals surface area (Å²) in [6.45, 7) is 10.0. The minimum Gasteiger partial charge on any atom is -0.492 e. The van der Waals surface area contributed by atoms with E-state index in [0.29, 0.717) is 67.5 Å². The normalized spacial score (nSPS) is 19.6. The zero-order valence-electron chi connectivity index (χ0n) is 29.0. The fourth-order valence-corrected chi connectivity index (χ4v) is 7.08. The van der Waals surface area contributed by atoms with E-state index in [-0.39, 0.29) is 29.2 Å². The van der Waals surface area contributed by atoms with Gasteiger partial charge in [0.2, 0.25) is 5.91 Å². The third-order valence-electron chi connectivity index (χ3n) is 9.28. The first-order chi connectivity index (χ1) is 22.2. The number of aryl methyl sites for hydroxylation is 1. The molecule has 258 valence electrons. The quantitative estimate of drug-likeness (QED) is 0.414. The molecular weight excluding hydrogens is 618 g/mol. The van der Waals surface area contributed by atoms with E-state index in [1.807, 2.05) is 33.8 Å². The Morgan fingerprint density at radius 3 is 2.45 bits per heavy atom. The van der Waals surface area contributed by atoms with Gasteiger partial charge in [0.25, 0.3) is 11.8 Å². The lowest BCUT2D eigenvalue weighted by Gasteiger charge is -2.42. The molecule has 0 aliphatic carbocycles. The van der Waals surface area contributed by atoms with Crippen molar-refractivity contribution in [2.75, 3.05) is 53.9 Å². The summed E-state index contributed by atoms with van der Waals surface area (Å²) in [4.78, 5) is 65.0. The maximum atomic E-state index is 14.0. The van der Waals surface area contributed by atoms with Crippen molar-refractivity contribution in [3.8, 4) is 5.75 Å². The van der Waals surface area contributed by atoms with Gasteiger partial charge in [-0.3, -0.25) is 14.4 Å². The molecule has 1 aromatic heterocycles. The number of piperidine rings is 1. The number of rotatable bonds is 5. The van der Waals surface area contributed by atoms with Crippen LogP contribution < -0.4 is 4.74 Å². The van der Waals surface area contributed by atoms with Gasteiger partial charge < -0.3 is 29.1 Å². The van der Waals surface area contributed by atoms with Crippen LogP contribution in [0.3, 0.4) is 0 Å². The van der Waals surface area contributed by atoms with Gasteiger partial charge in [-0.15, -0.1) is 11.3 Å². The van der Waals surface area contributed by atoms with Crippen molar-refractivity contribution in [1.29, 1.82) is 0 Å². The molecule has 0 unspecified atom stereocenters. The number of carbonyl (C=O) groups is 4. The number of benzene rings is 1. The van der Waals surface area contributed by atoms with Gasteiger partial charge in [0.05, 0.1) is 23.4 Å². The summed E-state index contributed by atoms with van der Waals surface area (Å²) < 4.78 is 12.1. The third kappa shape index (κ3) is 9.24. The highest BCUT2D eigenvalue weighted by molar-refractivity contribution is 7.11. The summed E-state index contributed by atoms with van der Waals surface area (Å²) in [5.74, 6) is -0.0182. The Kier molecular flexibility index (Phi) is 11.9. The van der Waals surface area contributed by atoms with Crippen molar-refractivity contribution in [3.05, 3.63) is 45.9 Å². The SMILES string of the molecule is Cc1ncsc1C(=O)N(C)CCC[C@H]1C(=O)N(C)CCCCC2(CCN(C(=O)OC(C)(C)C)CC2)COc2ccccc2C(=O)N1C. The summed E-state index contributed by atoms with van der Waals surface area (Å²) in [6, 6.07) is 6.51. The topological polar surface area (TPSA) is 113 Å². The number of hydrogen-bond donors (Lipinski definition) is 0. The predicted molar refractivity (Wildman–Crippen MR) is 182 cm³/mol. The molecule has 47 heavy (non-hydrogen) atoms. The fourth-order valence-electron chi connectivity index (χ4n) is 6.29. The van der Waals surface area contributed by atoms with E-state index in [4.69, 9.17) is 9.47 Å². The number of nitrogens with zero attached hydrogens (tertiary/aromatic N) is 5. The maximum Gasteiger partial charge on any atom is 0.410 e. The van der Waals surface area contributed by atoms with Gasteiger partial charge in [-0.25, -0.2) is 9.78 Å². The number of likely N-dealkylation sites (N-methyl/N-ethyl adjacent to an activating group) is 2. The maximum absolute atomic E-state index is 14.0. The van der Waals surface area contributed by atoms with Crippen LogP contribution in [0.25, 0.3) is 0 Å². The molecule has 2 aliphatic rings. The minimum atomic E-state index is -0.694. The van der Waals surface area contributed by atoms with Gasteiger partial charge in [-0.2, -0.15) is 0 Å². The van der Waals surface area contributed by atoms with Crippen LogP contribution in [-0.2, 0) is 9.53 Å². The number of likely N-dealkylation sites (tertiary alicyclic amines) is 1. The molecule has 4 amide bonds. The average molecular weight is 670 g/mol.